The van der Waals surface area contributed by atoms with Gasteiger partial charge in [-0.1, -0.05) is 144 Å². The lowest BCUT2D eigenvalue weighted by atomic mass is 10.2. The monoisotopic (exact) mass is 1420 g/mol. The number of aliphatic hydroxyl groups excluding tert-OH is 1. The molecule has 4 heterocycles. The van der Waals surface area contributed by atoms with Gasteiger partial charge in [-0.25, -0.2) is 21.1 Å². The maximum atomic E-state index is 13.1. The largest absolute Gasteiger partial charge is 0.400 e. The molecule has 0 aliphatic carbocycles. The number of aliphatic hydroxyl groups is 1. The molecule has 0 amide bonds. The van der Waals surface area contributed by atoms with Gasteiger partial charge in [-0.15, -0.1) is 0 Å². The molecule has 4 fully saturated rings. The van der Waals surface area contributed by atoms with Gasteiger partial charge in [0.1, 0.15) is 5.69 Å². The smallest absolute Gasteiger partial charge is 0.304 e. The van der Waals surface area contributed by atoms with Crippen LogP contribution in [0, 0.1) is 26.0 Å². The Hall–Kier alpha value is -10.3. The summed E-state index contributed by atoms with van der Waals surface area (Å²) < 4.78 is 66.8. The third-order valence-electron chi connectivity index (χ3n) is 16.6. The number of sulfonamides is 2. The van der Waals surface area contributed by atoms with E-state index in [0.717, 1.165) is 151 Å². The molecule has 25 heteroatoms. The van der Waals surface area contributed by atoms with Crippen molar-refractivity contribution in [2.45, 2.75) is 32.1 Å². The summed E-state index contributed by atoms with van der Waals surface area (Å²) in [6, 6.07) is 74.3. The maximum Gasteiger partial charge on any atom is 0.304 e. The normalized spacial score (nSPS) is 14.2. The van der Waals surface area contributed by atoms with E-state index in [1.165, 1.54) is 73.2 Å². The fourth-order valence-corrected chi connectivity index (χ4v) is 13.4. The Kier molecular flexibility index (Phi) is 32.8. The molecule has 0 spiro atoms. The van der Waals surface area contributed by atoms with Crippen LogP contribution in [0.3, 0.4) is 0 Å². The van der Waals surface area contributed by atoms with Crippen molar-refractivity contribution in [1.82, 2.24) is 9.62 Å². The number of hydrogen-bond acceptors (Lipinski definition) is 18. The van der Waals surface area contributed by atoms with E-state index in [1.807, 2.05) is 72.8 Å². The number of nitrogens with zero attached hydrogens (tertiary/aromatic N) is 10. The van der Waals surface area contributed by atoms with Gasteiger partial charge in [-0.2, -0.15) is 4.39 Å². The second-order valence-corrected chi connectivity index (χ2v) is 26.7. The van der Waals surface area contributed by atoms with Crippen molar-refractivity contribution in [3.05, 3.63) is 269 Å². The van der Waals surface area contributed by atoms with E-state index in [9.17, 15) is 41.5 Å². The Morgan fingerprint density at radius 1 is 0.406 bits per heavy atom. The van der Waals surface area contributed by atoms with Crippen molar-refractivity contribution in [2.75, 3.05) is 171 Å². The predicted molar refractivity (Wildman–Crippen MR) is 414 cm³/mol. The Morgan fingerprint density at radius 2 is 0.713 bits per heavy atom. The van der Waals surface area contributed by atoms with Crippen LogP contribution in [0.25, 0.3) is 0 Å². The lowest BCUT2D eigenvalue weighted by Crippen LogP contribution is -2.46. The Bertz CT molecular complexity index is 4130. The molecule has 0 saturated carbocycles. The molecule has 0 radical (unpaired) electrons. The molecular formula is C76H98FN13O9S2. The van der Waals surface area contributed by atoms with Gasteiger partial charge in [0.15, 0.2) is 0 Å². The molecule has 22 nitrogen and oxygen atoms in total. The van der Waals surface area contributed by atoms with Crippen LogP contribution < -0.4 is 50.1 Å². The first-order chi connectivity index (χ1) is 47.5. The summed E-state index contributed by atoms with van der Waals surface area (Å²) in [7, 11) is -3.69. The SMILES string of the molecule is C.C.C.CN(C)S(=O)(=O)c1ccc(S(=O)(=O)Nc2ccccc2N2CCN(c3ccccc3)CC2)cc1.CO.Nc1ccccc1N1CCN(c2ccccc2)CC1.O=[N+]([O-])c1ccccc1F.O=[N+]([O-])c1ccccc1N1CCN(c2ccccc2)CC1.c1ccc(N2CCNCC2)cc1. The Labute approximate surface area is 596 Å². The first-order valence-corrected chi connectivity index (χ1v) is 35.1. The van der Waals surface area contributed by atoms with Gasteiger partial charge >= 0.3 is 5.69 Å². The van der Waals surface area contributed by atoms with E-state index in [2.05, 4.69) is 141 Å². The number of nitro benzene ring substituents is 2. The van der Waals surface area contributed by atoms with E-state index in [1.54, 1.807) is 24.3 Å². The number of rotatable bonds is 14. The third kappa shape index (κ3) is 23.1. The Balaban J connectivity index is 0.000000238. The average Bonchev–Trinajstić information content (AvgIpc) is 0.794. The number of benzene rings is 9. The topological polar surface area (TPSA) is 251 Å². The average molecular weight is 1420 g/mol. The fourth-order valence-electron chi connectivity index (χ4n) is 11.4. The molecule has 0 atom stereocenters. The molecule has 0 aromatic heterocycles. The van der Waals surface area contributed by atoms with Gasteiger partial charge < -0.3 is 50.5 Å². The number of nitro groups is 2. The summed E-state index contributed by atoms with van der Waals surface area (Å²) in [5.41, 5.74) is 14.8. The van der Waals surface area contributed by atoms with Crippen molar-refractivity contribution < 1.29 is 36.2 Å². The highest BCUT2D eigenvalue weighted by molar-refractivity contribution is 7.92. The fraction of sp³-hybridized carbons (Fsp3) is 0.289. The molecule has 540 valence electrons. The molecule has 13 rings (SSSR count). The second-order valence-electron chi connectivity index (χ2n) is 22.9. The summed E-state index contributed by atoms with van der Waals surface area (Å²) in [4.78, 5) is 36.2. The number of piperazine rings is 4. The zero-order chi connectivity index (χ0) is 69.9. The number of hydrogen-bond donors (Lipinski definition) is 4. The van der Waals surface area contributed by atoms with E-state index in [-0.39, 0.29) is 42.7 Å². The molecular weight excluding hydrogens is 1320 g/mol. The van der Waals surface area contributed by atoms with Crippen LogP contribution in [-0.4, -0.2) is 162 Å². The summed E-state index contributed by atoms with van der Waals surface area (Å²) in [5.74, 6) is -0.799. The number of nitrogens with two attached hydrogens (primary N) is 1. The summed E-state index contributed by atoms with van der Waals surface area (Å²) in [5, 5.41) is 31.4. The van der Waals surface area contributed by atoms with Gasteiger partial charge in [0.05, 0.1) is 42.4 Å². The molecule has 101 heavy (non-hydrogen) atoms. The number of anilines is 9. The van der Waals surface area contributed by atoms with Crippen LogP contribution in [-0.2, 0) is 20.0 Å². The minimum atomic E-state index is -3.91. The lowest BCUT2D eigenvalue weighted by Gasteiger charge is -2.38. The highest BCUT2D eigenvalue weighted by Crippen LogP contribution is 2.32. The molecule has 9 aromatic rings. The third-order valence-corrected chi connectivity index (χ3v) is 19.8. The van der Waals surface area contributed by atoms with Crippen molar-refractivity contribution >= 4 is 82.6 Å². The lowest BCUT2D eigenvalue weighted by molar-refractivity contribution is -0.387. The number of para-hydroxylation sites is 11. The van der Waals surface area contributed by atoms with Crippen molar-refractivity contribution in [3.8, 4) is 0 Å². The minimum Gasteiger partial charge on any atom is -0.400 e. The van der Waals surface area contributed by atoms with Crippen molar-refractivity contribution in [2.24, 2.45) is 0 Å². The molecule has 5 N–H and O–H groups in total. The van der Waals surface area contributed by atoms with Gasteiger partial charge in [-0.05, 0) is 109 Å². The number of nitrogen functional groups attached to an aromatic ring is 1. The molecule has 4 aliphatic heterocycles. The van der Waals surface area contributed by atoms with E-state index in [4.69, 9.17) is 10.8 Å². The standard InChI is InChI=1S/C24H28N4O4S2.C16H17N3O2.C16H19N3.C10H14N2.C6H4FNO2.CH4O.3CH4/c1-26(2)34(31,32)22-14-12-21(13-15-22)33(29,30)25-23-10-6-7-11-24(23)28-18-16-27(17-19-28)20-8-4-3-5-9-20;20-19(21)16-9-5-4-8-15(16)18-12-10-17(11-13-18)14-6-2-1-3-7-14;17-15-8-4-5-9-16(15)19-12-10-18(11-13-19)14-6-2-1-3-7-14;1-2-4-10(5-3-1)12-8-6-11-7-9-12;7-5-3-1-2-4-6(5)8(9)10;1-2;;;/h3-15,25H,16-19H2,1-2H3;1-9H,10-13H2;1-9H,10-13,17H2;1-5,11H,6-9H2;1-4H;2H,1H3;3*1H4. The molecule has 4 aliphatic rings. The van der Waals surface area contributed by atoms with Gasteiger partial charge in [-0.3, -0.25) is 25.0 Å². The van der Waals surface area contributed by atoms with E-state index < -0.39 is 36.5 Å². The molecule has 9 aromatic carbocycles. The van der Waals surface area contributed by atoms with Crippen LogP contribution in [0.5, 0.6) is 0 Å². The zero-order valence-electron chi connectivity index (χ0n) is 55.4. The summed E-state index contributed by atoms with van der Waals surface area (Å²) in [6.45, 7) is 15.1. The van der Waals surface area contributed by atoms with Crippen LogP contribution in [0.2, 0.25) is 0 Å². The van der Waals surface area contributed by atoms with Crippen LogP contribution >= 0.6 is 0 Å². The van der Waals surface area contributed by atoms with Gasteiger partial charge in [0.2, 0.25) is 15.8 Å². The van der Waals surface area contributed by atoms with Gasteiger partial charge in [0, 0.05) is 161 Å². The van der Waals surface area contributed by atoms with Crippen LogP contribution in [0.4, 0.5) is 67.0 Å². The number of nitrogens with one attached hydrogen (secondary N) is 2. The van der Waals surface area contributed by atoms with Crippen LogP contribution in [0.1, 0.15) is 22.3 Å². The second kappa shape index (κ2) is 40.7. The van der Waals surface area contributed by atoms with Crippen molar-refractivity contribution in [3.63, 3.8) is 0 Å². The maximum absolute atomic E-state index is 13.1. The molecule has 4 saturated heterocycles. The number of halogens is 1. The zero-order valence-corrected chi connectivity index (χ0v) is 57.0. The molecule has 0 unspecified atom stereocenters. The highest BCUT2D eigenvalue weighted by atomic mass is 32.2. The van der Waals surface area contributed by atoms with Crippen molar-refractivity contribution in [1.29, 1.82) is 0 Å². The quantitative estimate of drug-likeness (QED) is 0.0449. The highest BCUT2D eigenvalue weighted by Gasteiger charge is 2.26. The first kappa shape index (κ1) is 81.4. The Morgan fingerprint density at radius 3 is 1.10 bits per heavy atom. The molecule has 0 bridgehead atoms. The van der Waals surface area contributed by atoms with E-state index >= 15 is 0 Å². The summed E-state index contributed by atoms with van der Waals surface area (Å²) >= 11 is 0. The van der Waals surface area contributed by atoms with Gasteiger partial charge in [0.25, 0.3) is 15.7 Å². The summed E-state index contributed by atoms with van der Waals surface area (Å²) in [6.07, 6.45) is 0. The predicted octanol–water partition coefficient (Wildman–Crippen LogP) is 12.9. The van der Waals surface area contributed by atoms with Crippen LogP contribution in [0.15, 0.2) is 252 Å². The first-order valence-electron chi connectivity index (χ1n) is 32.2. The van der Waals surface area contributed by atoms with E-state index in [0.29, 0.717) is 5.69 Å². The minimum absolute atomic E-state index is 0.